The fraction of sp³-hybridized carbons (Fsp3) is 0.318. The van der Waals surface area contributed by atoms with Gasteiger partial charge in [0.1, 0.15) is 5.82 Å². The van der Waals surface area contributed by atoms with Crippen molar-refractivity contribution in [1.29, 1.82) is 0 Å². The van der Waals surface area contributed by atoms with Crippen LogP contribution in [0, 0.1) is 11.7 Å². The molecular weight excluding hydrogens is 435 g/mol. The van der Waals surface area contributed by atoms with Crippen LogP contribution in [0.2, 0.25) is 0 Å². The zero-order chi connectivity index (χ0) is 22.2. The lowest BCUT2D eigenvalue weighted by Crippen LogP contribution is -2.39. The summed E-state index contributed by atoms with van der Waals surface area (Å²) < 4.78 is 25.3. The Bertz CT molecular complexity index is 1230. The van der Waals surface area contributed by atoms with Crippen LogP contribution in [-0.4, -0.2) is 50.8 Å². The average molecular weight is 456 g/mol. The van der Waals surface area contributed by atoms with Crippen molar-refractivity contribution in [2.45, 2.75) is 18.9 Å². The molecule has 1 atom stereocenters. The molecule has 4 heterocycles. The van der Waals surface area contributed by atoms with Crippen LogP contribution >= 0.6 is 11.3 Å². The number of carbonyl (C=O) groups excluding carboxylic acids is 1. The number of fused-ring (bicyclic) bond motifs is 1. The lowest BCUT2D eigenvalue weighted by molar-refractivity contribution is -0.147. The van der Waals surface area contributed by atoms with Gasteiger partial charge in [0, 0.05) is 0 Å². The molecular formula is C22H21FN4O4S. The fourth-order valence-corrected chi connectivity index (χ4v) is 5.29. The quantitative estimate of drug-likeness (QED) is 0.456. The second kappa shape index (κ2) is 8.36. The van der Waals surface area contributed by atoms with Gasteiger partial charge < -0.3 is 14.3 Å². The van der Waals surface area contributed by atoms with E-state index < -0.39 is 0 Å². The highest BCUT2D eigenvalue weighted by Crippen LogP contribution is 2.41. The van der Waals surface area contributed by atoms with Gasteiger partial charge in [-0.15, -0.1) is 5.10 Å². The molecule has 1 unspecified atom stereocenters. The van der Waals surface area contributed by atoms with Gasteiger partial charge in [0.25, 0.3) is 0 Å². The Morgan fingerprint density at radius 3 is 2.66 bits per heavy atom. The number of carbonyl (C=O) groups is 1. The molecule has 5 rings (SSSR count). The molecule has 0 amide bonds. The minimum Gasteiger partial charge on any atom is -0.492 e. The van der Waals surface area contributed by atoms with E-state index in [9.17, 15) is 14.3 Å². The standard InChI is InChI=1S/C22H21FN4O4S/c1-30-21(29)14-8-10-26(11-9-14)17(13-4-6-15(23)7-5-13)18-20(28)27-22(32-18)24-19(25-27)16-3-2-12-31-16/h2-7,12,14,17,28H,8-11H2,1H3. The Morgan fingerprint density at radius 1 is 1.28 bits per heavy atom. The lowest BCUT2D eigenvalue weighted by Gasteiger charge is -2.36. The first-order valence-corrected chi connectivity index (χ1v) is 11.1. The molecule has 1 N–H and O–H groups in total. The molecule has 10 heteroatoms. The van der Waals surface area contributed by atoms with Crippen LogP contribution in [0.15, 0.2) is 47.1 Å². The number of halogens is 1. The second-order valence-electron chi connectivity index (χ2n) is 7.68. The Labute approximate surface area is 186 Å². The van der Waals surface area contributed by atoms with Crippen LogP contribution in [0.3, 0.4) is 0 Å². The Hall–Kier alpha value is -3.24. The van der Waals surface area contributed by atoms with Crippen molar-refractivity contribution >= 4 is 22.3 Å². The summed E-state index contributed by atoms with van der Waals surface area (Å²) in [6.07, 6.45) is 2.83. The Kier molecular flexibility index (Phi) is 5.40. The van der Waals surface area contributed by atoms with E-state index in [-0.39, 0.29) is 29.6 Å². The van der Waals surface area contributed by atoms with E-state index in [4.69, 9.17) is 9.15 Å². The molecule has 4 aromatic rings. The molecule has 32 heavy (non-hydrogen) atoms. The highest BCUT2D eigenvalue weighted by molar-refractivity contribution is 7.17. The largest absolute Gasteiger partial charge is 0.492 e. The van der Waals surface area contributed by atoms with E-state index in [0.717, 1.165) is 5.56 Å². The number of rotatable bonds is 5. The summed E-state index contributed by atoms with van der Waals surface area (Å²) in [7, 11) is 1.40. The van der Waals surface area contributed by atoms with Crippen molar-refractivity contribution in [2.24, 2.45) is 5.92 Å². The molecule has 0 aliphatic carbocycles. The van der Waals surface area contributed by atoms with Gasteiger partial charge in [-0.3, -0.25) is 9.69 Å². The number of thiazole rings is 1. The predicted octanol–water partition coefficient (Wildman–Crippen LogP) is 3.87. The number of aromatic hydroxyl groups is 1. The summed E-state index contributed by atoms with van der Waals surface area (Å²) in [4.78, 5) is 19.8. The summed E-state index contributed by atoms with van der Waals surface area (Å²) in [6.45, 7) is 1.26. The third-order valence-electron chi connectivity index (χ3n) is 5.80. The van der Waals surface area contributed by atoms with E-state index in [0.29, 0.717) is 47.4 Å². The maximum absolute atomic E-state index is 13.6. The number of nitrogens with zero attached hydrogens (tertiary/aromatic N) is 4. The monoisotopic (exact) mass is 456 g/mol. The van der Waals surface area contributed by atoms with Crippen molar-refractivity contribution in [2.75, 3.05) is 20.2 Å². The Morgan fingerprint density at radius 2 is 2.03 bits per heavy atom. The maximum Gasteiger partial charge on any atom is 0.308 e. The van der Waals surface area contributed by atoms with Crippen LogP contribution in [0.25, 0.3) is 16.5 Å². The number of piperidine rings is 1. The van der Waals surface area contributed by atoms with E-state index in [1.54, 1.807) is 24.3 Å². The van der Waals surface area contributed by atoms with Gasteiger partial charge >= 0.3 is 5.97 Å². The van der Waals surface area contributed by atoms with E-state index in [1.807, 2.05) is 0 Å². The smallest absolute Gasteiger partial charge is 0.308 e. The first-order valence-electron chi connectivity index (χ1n) is 10.2. The molecule has 0 spiro atoms. The fourth-order valence-electron chi connectivity index (χ4n) is 4.17. The van der Waals surface area contributed by atoms with E-state index in [2.05, 4.69) is 15.0 Å². The van der Waals surface area contributed by atoms with Gasteiger partial charge in [0.05, 0.1) is 30.2 Å². The van der Waals surface area contributed by atoms with Crippen molar-refractivity contribution < 1.29 is 23.4 Å². The summed E-state index contributed by atoms with van der Waals surface area (Å²) in [5, 5.41) is 15.5. The number of benzene rings is 1. The van der Waals surface area contributed by atoms with Gasteiger partial charge in [-0.25, -0.2) is 4.39 Å². The first kappa shape index (κ1) is 20.7. The number of hydrogen-bond donors (Lipinski definition) is 1. The minimum atomic E-state index is -0.327. The average Bonchev–Trinajstić information content (AvgIpc) is 3.54. The molecule has 0 saturated carbocycles. The van der Waals surface area contributed by atoms with Crippen LogP contribution in [-0.2, 0) is 9.53 Å². The molecule has 1 fully saturated rings. The summed E-state index contributed by atoms with van der Waals surface area (Å²) >= 11 is 1.33. The minimum absolute atomic E-state index is 0.0141. The van der Waals surface area contributed by atoms with Gasteiger partial charge in [-0.2, -0.15) is 9.50 Å². The van der Waals surface area contributed by atoms with Crippen molar-refractivity contribution in [3.05, 3.63) is 58.9 Å². The van der Waals surface area contributed by atoms with Gasteiger partial charge in [0.15, 0.2) is 5.76 Å². The number of ether oxygens (including phenoxy) is 1. The molecule has 3 aromatic heterocycles. The predicted molar refractivity (Wildman–Crippen MR) is 115 cm³/mol. The summed E-state index contributed by atoms with van der Waals surface area (Å²) in [5.41, 5.74) is 0.842. The molecule has 166 valence electrons. The van der Waals surface area contributed by atoms with Crippen LogP contribution in [0.4, 0.5) is 4.39 Å². The first-order chi connectivity index (χ1) is 15.5. The van der Waals surface area contributed by atoms with Crippen molar-refractivity contribution in [1.82, 2.24) is 19.5 Å². The lowest BCUT2D eigenvalue weighted by atomic mass is 9.93. The summed E-state index contributed by atoms with van der Waals surface area (Å²) in [5.74, 6) is 0.223. The number of methoxy groups -OCH3 is 1. The van der Waals surface area contributed by atoms with Crippen molar-refractivity contribution in [3.63, 3.8) is 0 Å². The van der Waals surface area contributed by atoms with Crippen LogP contribution in [0.5, 0.6) is 5.88 Å². The molecule has 0 bridgehead atoms. The zero-order valence-corrected chi connectivity index (χ0v) is 18.1. The highest BCUT2D eigenvalue weighted by Gasteiger charge is 2.34. The van der Waals surface area contributed by atoms with E-state index >= 15 is 0 Å². The SMILES string of the molecule is COC(=O)C1CCN(C(c2ccc(F)cc2)c2sc3nc(-c4ccco4)nn3c2O)CC1. The van der Waals surface area contributed by atoms with Gasteiger partial charge in [-0.1, -0.05) is 23.5 Å². The van der Waals surface area contributed by atoms with E-state index in [1.165, 1.54) is 41.4 Å². The number of hydrogen-bond acceptors (Lipinski definition) is 8. The molecule has 1 saturated heterocycles. The van der Waals surface area contributed by atoms with Crippen LogP contribution in [0.1, 0.15) is 29.3 Å². The molecule has 1 aromatic carbocycles. The molecule has 1 aliphatic rings. The molecule has 0 radical (unpaired) electrons. The maximum atomic E-state index is 13.6. The number of furan rings is 1. The molecule has 8 nitrogen and oxygen atoms in total. The topological polar surface area (TPSA) is 93.1 Å². The number of likely N-dealkylation sites (tertiary alicyclic amines) is 1. The number of aromatic nitrogens is 3. The molecule has 1 aliphatic heterocycles. The van der Waals surface area contributed by atoms with Crippen molar-refractivity contribution in [3.8, 4) is 17.5 Å². The van der Waals surface area contributed by atoms with Gasteiger partial charge in [0.2, 0.25) is 16.7 Å². The normalized spacial score (nSPS) is 16.4. The Balaban J connectivity index is 1.51. The zero-order valence-electron chi connectivity index (χ0n) is 17.3. The summed E-state index contributed by atoms with van der Waals surface area (Å²) in [6, 6.07) is 9.43. The van der Waals surface area contributed by atoms with Gasteiger partial charge in [-0.05, 0) is 55.8 Å². The second-order valence-corrected chi connectivity index (χ2v) is 8.69. The third kappa shape index (κ3) is 3.65. The van der Waals surface area contributed by atoms with Crippen LogP contribution < -0.4 is 0 Å². The number of esters is 1. The highest BCUT2D eigenvalue weighted by atomic mass is 32.1. The third-order valence-corrected chi connectivity index (χ3v) is 6.88.